The van der Waals surface area contributed by atoms with Crippen LogP contribution in [0.5, 0.6) is 11.5 Å². The number of hydrogen-bond donors (Lipinski definition) is 2. The number of methoxy groups -OCH3 is 1. The summed E-state index contributed by atoms with van der Waals surface area (Å²) in [6, 6.07) is 19.1. The first kappa shape index (κ1) is 21.8. The van der Waals surface area contributed by atoms with Crippen molar-refractivity contribution in [2.75, 3.05) is 19.1 Å². The number of rotatable bonds is 7. The van der Waals surface area contributed by atoms with Gasteiger partial charge in [-0.15, -0.1) is 5.10 Å². The maximum absolute atomic E-state index is 13.4. The summed E-state index contributed by atoms with van der Waals surface area (Å²) in [6.07, 6.45) is 0. The van der Waals surface area contributed by atoms with Crippen LogP contribution in [0.1, 0.15) is 15.9 Å². The molecule has 0 saturated carbocycles. The van der Waals surface area contributed by atoms with Gasteiger partial charge < -0.3 is 20.1 Å². The average molecular weight is 445 g/mol. The Kier molecular flexibility index (Phi) is 6.21. The van der Waals surface area contributed by atoms with Crippen LogP contribution in [0.25, 0.3) is 11.0 Å². The third-order valence-corrected chi connectivity index (χ3v) is 5.26. The third-order valence-electron chi connectivity index (χ3n) is 5.26. The van der Waals surface area contributed by atoms with E-state index in [2.05, 4.69) is 15.6 Å². The number of aromatic nitrogens is 3. The molecule has 2 amide bonds. The van der Waals surface area contributed by atoms with Gasteiger partial charge in [0.2, 0.25) is 5.91 Å². The van der Waals surface area contributed by atoms with Crippen LogP contribution in [0.15, 0.2) is 66.7 Å². The van der Waals surface area contributed by atoms with Gasteiger partial charge in [0.1, 0.15) is 12.1 Å². The molecule has 4 aromatic rings. The second-order valence-corrected chi connectivity index (χ2v) is 7.35. The number of nitrogens with zero attached hydrogens (tertiary/aromatic N) is 4. The number of benzene rings is 3. The number of hydrogen-bond acceptors (Lipinski definition) is 6. The van der Waals surface area contributed by atoms with E-state index in [4.69, 9.17) is 4.74 Å². The van der Waals surface area contributed by atoms with E-state index in [1.54, 1.807) is 53.0 Å². The van der Waals surface area contributed by atoms with Crippen molar-refractivity contribution in [3.63, 3.8) is 0 Å². The summed E-state index contributed by atoms with van der Waals surface area (Å²) in [6.45, 7) is 0.203. The quantitative estimate of drug-likeness (QED) is 0.453. The van der Waals surface area contributed by atoms with Crippen LogP contribution < -0.4 is 15.0 Å². The van der Waals surface area contributed by atoms with Crippen molar-refractivity contribution in [3.05, 3.63) is 77.9 Å². The number of ether oxygens (including phenoxy) is 1. The van der Waals surface area contributed by atoms with Gasteiger partial charge >= 0.3 is 0 Å². The summed E-state index contributed by atoms with van der Waals surface area (Å²) in [5.41, 5.74) is 3.32. The van der Waals surface area contributed by atoms with Gasteiger partial charge in [-0.2, -0.15) is 0 Å². The highest BCUT2D eigenvalue weighted by atomic mass is 16.5. The number of aromatic hydroxyl groups is 1. The van der Waals surface area contributed by atoms with Crippen LogP contribution in [0.2, 0.25) is 0 Å². The molecule has 2 N–H and O–H groups in total. The van der Waals surface area contributed by atoms with Crippen molar-refractivity contribution < 1.29 is 19.4 Å². The highest BCUT2D eigenvalue weighted by molar-refractivity contribution is 5.96. The van der Waals surface area contributed by atoms with Gasteiger partial charge in [0, 0.05) is 18.3 Å². The van der Waals surface area contributed by atoms with E-state index in [9.17, 15) is 14.7 Å². The third kappa shape index (κ3) is 4.62. The Morgan fingerprint density at radius 3 is 2.58 bits per heavy atom. The molecule has 0 radical (unpaired) electrons. The zero-order chi connectivity index (χ0) is 23.4. The van der Waals surface area contributed by atoms with E-state index in [-0.39, 0.29) is 30.7 Å². The van der Waals surface area contributed by atoms with Crippen LogP contribution in [0.3, 0.4) is 0 Å². The zero-order valence-electron chi connectivity index (χ0n) is 18.2. The lowest BCUT2D eigenvalue weighted by Gasteiger charge is -2.24. The molecule has 3 aromatic carbocycles. The number of phenolic OH excluding ortho intramolecular Hbond substituents is 1. The second kappa shape index (κ2) is 9.39. The van der Waals surface area contributed by atoms with Crippen molar-refractivity contribution in [2.45, 2.75) is 13.1 Å². The molecule has 0 saturated heterocycles. The molecule has 0 spiro atoms. The number of carbonyl (C=O) groups excluding carboxylic acids is 2. The summed E-state index contributed by atoms with van der Waals surface area (Å²) in [5.74, 6) is -0.0950. The van der Waals surface area contributed by atoms with Gasteiger partial charge in [-0.3, -0.25) is 9.59 Å². The van der Waals surface area contributed by atoms with E-state index in [0.29, 0.717) is 22.5 Å². The lowest BCUT2D eigenvalue weighted by Crippen LogP contribution is -2.33. The number of para-hydroxylation sites is 1. The maximum Gasteiger partial charge on any atom is 0.251 e. The normalized spacial score (nSPS) is 10.7. The summed E-state index contributed by atoms with van der Waals surface area (Å²) in [7, 11) is 3.03. The Morgan fingerprint density at radius 2 is 1.85 bits per heavy atom. The van der Waals surface area contributed by atoms with Crippen LogP contribution in [0, 0.1) is 0 Å². The van der Waals surface area contributed by atoms with Crippen molar-refractivity contribution in [1.29, 1.82) is 0 Å². The fraction of sp³-hybridized carbons (Fsp3) is 0.167. The fourth-order valence-corrected chi connectivity index (χ4v) is 3.51. The Hall–Kier alpha value is -4.40. The Bertz CT molecular complexity index is 1300. The van der Waals surface area contributed by atoms with Gasteiger partial charge in [-0.05, 0) is 54.1 Å². The second-order valence-electron chi connectivity index (χ2n) is 7.35. The molecule has 0 aliphatic rings. The first-order chi connectivity index (χ1) is 16.0. The fourth-order valence-electron chi connectivity index (χ4n) is 3.51. The maximum atomic E-state index is 13.4. The smallest absolute Gasteiger partial charge is 0.251 e. The zero-order valence-corrected chi connectivity index (χ0v) is 18.2. The van der Waals surface area contributed by atoms with Gasteiger partial charge in [-0.1, -0.05) is 23.4 Å². The van der Waals surface area contributed by atoms with Crippen LogP contribution in [-0.4, -0.2) is 46.1 Å². The minimum Gasteiger partial charge on any atom is -0.504 e. The molecule has 0 aliphatic carbocycles. The first-order valence-corrected chi connectivity index (χ1v) is 10.3. The molecule has 1 heterocycles. The van der Waals surface area contributed by atoms with Crippen LogP contribution >= 0.6 is 0 Å². The minimum absolute atomic E-state index is 0.0168. The lowest BCUT2D eigenvalue weighted by atomic mass is 10.1. The molecule has 1 aromatic heterocycles. The molecule has 4 rings (SSSR count). The predicted molar refractivity (Wildman–Crippen MR) is 123 cm³/mol. The lowest BCUT2D eigenvalue weighted by molar-refractivity contribution is -0.119. The van der Waals surface area contributed by atoms with Gasteiger partial charge in [0.15, 0.2) is 11.5 Å². The summed E-state index contributed by atoms with van der Waals surface area (Å²) in [4.78, 5) is 26.9. The van der Waals surface area contributed by atoms with Crippen molar-refractivity contribution in [3.8, 4) is 11.5 Å². The molecule has 9 nitrogen and oxygen atoms in total. The molecule has 0 fully saturated rings. The average Bonchev–Trinajstić information content (AvgIpc) is 3.25. The SMILES string of the molecule is CNC(=O)c1ccc(N(Cc2ccc(O)c(OC)c2)C(=O)Cn2nnc3ccccc32)cc1. The number of anilines is 1. The Labute approximate surface area is 190 Å². The molecule has 0 aliphatic heterocycles. The molecule has 168 valence electrons. The largest absolute Gasteiger partial charge is 0.504 e. The summed E-state index contributed by atoms with van der Waals surface area (Å²) >= 11 is 0. The molecule has 0 unspecified atom stereocenters. The number of nitrogens with one attached hydrogen (secondary N) is 1. The van der Waals surface area contributed by atoms with E-state index >= 15 is 0 Å². The van der Waals surface area contributed by atoms with Gasteiger partial charge in [-0.25, -0.2) is 4.68 Å². The van der Waals surface area contributed by atoms with Gasteiger partial charge in [0.25, 0.3) is 5.91 Å². The number of amides is 2. The Balaban J connectivity index is 1.67. The van der Waals surface area contributed by atoms with Crippen molar-refractivity contribution >= 4 is 28.5 Å². The van der Waals surface area contributed by atoms with E-state index in [0.717, 1.165) is 11.1 Å². The highest BCUT2D eigenvalue weighted by Crippen LogP contribution is 2.28. The van der Waals surface area contributed by atoms with E-state index in [1.165, 1.54) is 13.2 Å². The molecule has 0 atom stereocenters. The number of phenols is 1. The van der Waals surface area contributed by atoms with E-state index in [1.807, 2.05) is 24.3 Å². The molecular weight excluding hydrogens is 422 g/mol. The van der Waals surface area contributed by atoms with Gasteiger partial charge in [0.05, 0.1) is 19.2 Å². The molecule has 0 bridgehead atoms. The Morgan fingerprint density at radius 1 is 1.09 bits per heavy atom. The topological polar surface area (TPSA) is 110 Å². The summed E-state index contributed by atoms with van der Waals surface area (Å²) < 4.78 is 6.76. The molecular formula is C24H23N5O4. The van der Waals surface area contributed by atoms with Crippen molar-refractivity contribution in [1.82, 2.24) is 20.3 Å². The van der Waals surface area contributed by atoms with Crippen molar-refractivity contribution in [2.24, 2.45) is 0 Å². The molecule has 9 heteroatoms. The molecule has 33 heavy (non-hydrogen) atoms. The highest BCUT2D eigenvalue weighted by Gasteiger charge is 2.20. The number of fused-ring (bicyclic) bond motifs is 1. The van der Waals surface area contributed by atoms with Crippen LogP contribution in [-0.2, 0) is 17.9 Å². The predicted octanol–water partition coefficient (Wildman–Crippen LogP) is 2.74. The number of carbonyl (C=O) groups is 2. The first-order valence-electron chi connectivity index (χ1n) is 10.3. The standard InChI is InChI=1S/C24H23N5O4/c1-25-24(32)17-8-10-18(11-9-17)28(14-16-7-12-21(30)22(13-16)33-2)23(31)15-29-20-6-4-3-5-19(20)26-27-29/h3-13,30H,14-15H2,1-2H3,(H,25,32). The summed E-state index contributed by atoms with van der Waals surface area (Å²) in [5, 5.41) is 20.7. The monoisotopic (exact) mass is 445 g/mol. The van der Waals surface area contributed by atoms with Crippen LogP contribution in [0.4, 0.5) is 5.69 Å². The minimum atomic E-state index is -0.217. The van der Waals surface area contributed by atoms with E-state index < -0.39 is 0 Å².